The van der Waals surface area contributed by atoms with Crippen LogP contribution in [0.4, 0.5) is 5.82 Å². The number of nitrogens with one attached hydrogen (secondary N) is 2. The zero-order valence-electron chi connectivity index (χ0n) is 18.4. The first-order valence-electron chi connectivity index (χ1n) is 10.6. The molecule has 2 heterocycles. The van der Waals surface area contributed by atoms with Crippen molar-refractivity contribution in [1.29, 1.82) is 5.26 Å². The molecule has 0 aromatic carbocycles. The van der Waals surface area contributed by atoms with Crippen molar-refractivity contribution in [1.82, 2.24) is 15.1 Å². The maximum Gasteiger partial charge on any atom is 0.254 e. The molecule has 9 heteroatoms. The predicted molar refractivity (Wildman–Crippen MR) is 116 cm³/mol. The van der Waals surface area contributed by atoms with Gasteiger partial charge in [0.15, 0.2) is 5.82 Å². The number of nitrogens with two attached hydrogens (primary N) is 1. The van der Waals surface area contributed by atoms with Crippen molar-refractivity contribution >= 4 is 17.6 Å². The van der Waals surface area contributed by atoms with E-state index in [0.29, 0.717) is 6.10 Å². The molecule has 168 valence electrons. The van der Waals surface area contributed by atoms with Crippen LogP contribution in [0.3, 0.4) is 0 Å². The SMILES string of the molecule is C1CCCCC1.CC#N.COC1CNC1.Cn1cc(C(N)=O)c(NC(=O)C2CC2)n1. The van der Waals surface area contributed by atoms with Crippen LogP contribution < -0.4 is 16.4 Å². The van der Waals surface area contributed by atoms with Gasteiger partial charge in [0.05, 0.1) is 12.2 Å². The van der Waals surface area contributed by atoms with Crippen LogP contribution in [0.2, 0.25) is 0 Å². The van der Waals surface area contributed by atoms with Crippen LogP contribution >= 0.6 is 0 Å². The van der Waals surface area contributed by atoms with E-state index in [4.69, 9.17) is 15.7 Å². The fourth-order valence-corrected chi connectivity index (χ4v) is 2.81. The second-order valence-corrected chi connectivity index (χ2v) is 7.55. The molecule has 0 unspecified atom stereocenters. The Morgan fingerprint density at radius 2 is 1.73 bits per heavy atom. The molecule has 30 heavy (non-hydrogen) atoms. The number of aryl methyl sites for hydroxylation is 1. The number of primary amides is 1. The molecule has 1 aromatic heterocycles. The Hall–Kier alpha value is -2.44. The Bertz CT molecular complexity index is 671. The van der Waals surface area contributed by atoms with Crippen molar-refractivity contribution in [2.75, 3.05) is 25.5 Å². The first-order valence-corrected chi connectivity index (χ1v) is 10.6. The van der Waals surface area contributed by atoms with Crippen LogP contribution in [0, 0.1) is 17.2 Å². The molecule has 9 nitrogen and oxygen atoms in total. The van der Waals surface area contributed by atoms with Crippen molar-refractivity contribution < 1.29 is 14.3 Å². The highest BCUT2D eigenvalue weighted by Crippen LogP contribution is 2.30. The summed E-state index contributed by atoms with van der Waals surface area (Å²) in [4.78, 5) is 22.5. The maximum absolute atomic E-state index is 11.4. The number of amides is 2. The Balaban J connectivity index is 0.000000246. The molecule has 0 atom stereocenters. The van der Waals surface area contributed by atoms with Gasteiger partial charge in [0.25, 0.3) is 5.91 Å². The summed E-state index contributed by atoms with van der Waals surface area (Å²) in [6.07, 6.45) is 12.8. The van der Waals surface area contributed by atoms with Gasteiger partial charge in [-0.05, 0) is 12.8 Å². The zero-order valence-corrected chi connectivity index (χ0v) is 18.4. The summed E-state index contributed by atoms with van der Waals surface area (Å²) in [5.74, 6) is -0.347. The summed E-state index contributed by atoms with van der Waals surface area (Å²) in [6, 6.07) is 1.75. The van der Waals surface area contributed by atoms with E-state index in [1.54, 1.807) is 20.2 Å². The fraction of sp³-hybridized carbons (Fsp3) is 0.714. The van der Waals surface area contributed by atoms with E-state index in [1.165, 1.54) is 56.3 Å². The molecule has 2 saturated carbocycles. The van der Waals surface area contributed by atoms with Crippen molar-refractivity contribution in [2.45, 2.75) is 64.4 Å². The maximum atomic E-state index is 11.4. The second kappa shape index (κ2) is 14.5. The van der Waals surface area contributed by atoms with E-state index >= 15 is 0 Å². The highest BCUT2D eigenvalue weighted by molar-refractivity contribution is 6.02. The van der Waals surface area contributed by atoms with Crippen molar-refractivity contribution in [2.24, 2.45) is 18.7 Å². The lowest BCUT2D eigenvalue weighted by molar-refractivity contribution is -0.117. The zero-order chi connectivity index (χ0) is 22.4. The minimum absolute atomic E-state index is 0.0766. The molecule has 0 spiro atoms. The molecule has 1 saturated heterocycles. The van der Waals surface area contributed by atoms with Crippen LogP contribution in [0.25, 0.3) is 0 Å². The normalized spacial score (nSPS) is 17.3. The molecule has 0 radical (unpaired) electrons. The number of ether oxygens (including phenoxy) is 1. The molecular weight excluding hydrogens is 384 g/mol. The van der Waals surface area contributed by atoms with Crippen molar-refractivity contribution in [3.05, 3.63) is 11.8 Å². The molecule has 1 aromatic rings. The van der Waals surface area contributed by atoms with Gasteiger partial charge in [-0.15, -0.1) is 0 Å². The molecule has 1 aliphatic heterocycles. The number of nitrogens with zero attached hydrogens (tertiary/aromatic N) is 3. The molecule has 4 N–H and O–H groups in total. The predicted octanol–water partition coefficient (Wildman–Crippen LogP) is 2.34. The van der Waals surface area contributed by atoms with Gasteiger partial charge in [-0.25, -0.2) is 0 Å². The third kappa shape index (κ3) is 10.4. The lowest BCUT2D eigenvalue weighted by Crippen LogP contribution is -2.47. The van der Waals surface area contributed by atoms with Crippen LogP contribution in [0.15, 0.2) is 6.20 Å². The Kier molecular flexibility index (Phi) is 12.4. The number of rotatable bonds is 4. The average molecular weight is 421 g/mol. The van der Waals surface area contributed by atoms with Crippen molar-refractivity contribution in [3.8, 4) is 6.07 Å². The molecular formula is C21H36N6O3. The van der Waals surface area contributed by atoms with Crippen LogP contribution in [-0.4, -0.2) is 47.9 Å². The van der Waals surface area contributed by atoms with E-state index < -0.39 is 5.91 Å². The monoisotopic (exact) mass is 420 g/mol. The van der Waals surface area contributed by atoms with Gasteiger partial charge < -0.3 is 21.1 Å². The number of hydrogen-bond acceptors (Lipinski definition) is 6. The number of carbonyl (C=O) groups is 2. The highest BCUT2D eigenvalue weighted by atomic mass is 16.5. The third-order valence-corrected chi connectivity index (χ3v) is 4.86. The van der Waals surface area contributed by atoms with Crippen LogP contribution in [0.1, 0.15) is 68.6 Å². The van der Waals surface area contributed by atoms with Gasteiger partial charge in [0.2, 0.25) is 5.91 Å². The molecule has 3 aliphatic rings. The number of methoxy groups -OCH3 is 1. The number of aromatic nitrogens is 2. The van der Waals surface area contributed by atoms with E-state index in [9.17, 15) is 9.59 Å². The summed E-state index contributed by atoms with van der Waals surface area (Å²) >= 11 is 0. The quantitative estimate of drug-likeness (QED) is 0.684. The highest BCUT2D eigenvalue weighted by Gasteiger charge is 2.30. The van der Waals surface area contributed by atoms with Gasteiger partial charge in [-0.3, -0.25) is 14.3 Å². The molecule has 2 amide bonds. The largest absolute Gasteiger partial charge is 0.379 e. The average Bonchev–Trinajstić information content (AvgIpc) is 3.47. The van der Waals surface area contributed by atoms with E-state index in [2.05, 4.69) is 15.7 Å². The number of nitriles is 1. The Morgan fingerprint density at radius 3 is 2.03 bits per heavy atom. The lowest BCUT2D eigenvalue weighted by atomic mass is 10.0. The van der Waals surface area contributed by atoms with Gasteiger partial charge in [-0.2, -0.15) is 10.4 Å². The molecule has 0 bridgehead atoms. The number of anilines is 1. The van der Waals surface area contributed by atoms with E-state index in [1.807, 2.05) is 0 Å². The van der Waals surface area contributed by atoms with E-state index in [-0.39, 0.29) is 23.2 Å². The topological polar surface area (TPSA) is 135 Å². The smallest absolute Gasteiger partial charge is 0.254 e. The van der Waals surface area contributed by atoms with Gasteiger partial charge in [0, 0.05) is 46.3 Å². The fourth-order valence-electron chi connectivity index (χ4n) is 2.81. The standard InChI is InChI=1S/C9H12N4O2.C6H12.C4H9NO.C2H3N/c1-13-4-6(7(10)14)8(12-13)11-9(15)5-2-3-5;1-2-4-6-5-3-1;1-6-4-2-5-3-4;1-2-3/h4-5H,2-3H2,1H3,(H2,10,14)(H,11,12,15);1-6H2;4-5H,2-3H2,1H3;1H3. The number of carbonyl (C=O) groups excluding carboxylic acids is 2. The van der Waals surface area contributed by atoms with Gasteiger partial charge >= 0.3 is 0 Å². The lowest BCUT2D eigenvalue weighted by Gasteiger charge is -2.24. The minimum atomic E-state index is -0.589. The number of hydrogen-bond donors (Lipinski definition) is 3. The molecule has 4 rings (SSSR count). The second-order valence-electron chi connectivity index (χ2n) is 7.55. The third-order valence-electron chi connectivity index (χ3n) is 4.86. The van der Waals surface area contributed by atoms with Crippen LogP contribution in [0.5, 0.6) is 0 Å². The van der Waals surface area contributed by atoms with E-state index in [0.717, 1.165) is 25.9 Å². The minimum Gasteiger partial charge on any atom is -0.379 e. The van der Waals surface area contributed by atoms with Gasteiger partial charge in [0.1, 0.15) is 5.56 Å². The Labute approximate surface area is 179 Å². The first kappa shape index (κ1) is 25.6. The van der Waals surface area contributed by atoms with Crippen molar-refractivity contribution in [3.63, 3.8) is 0 Å². The van der Waals surface area contributed by atoms with Crippen LogP contribution in [-0.2, 0) is 16.6 Å². The van der Waals surface area contributed by atoms with Gasteiger partial charge in [-0.1, -0.05) is 38.5 Å². The summed E-state index contributed by atoms with van der Waals surface area (Å²) in [5, 5.41) is 17.0. The summed E-state index contributed by atoms with van der Waals surface area (Å²) < 4.78 is 6.37. The first-order chi connectivity index (χ1) is 14.4. The summed E-state index contributed by atoms with van der Waals surface area (Å²) in [7, 11) is 3.41. The molecule has 2 aliphatic carbocycles. The summed E-state index contributed by atoms with van der Waals surface area (Å²) in [5.41, 5.74) is 5.39. The summed E-state index contributed by atoms with van der Waals surface area (Å²) in [6.45, 7) is 3.51. The Morgan fingerprint density at radius 1 is 1.23 bits per heavy atom. The molecule has 3 fully saturated rings.